The van der Waals surface area contributed by atoms with Gasteiger partial charge < -0.3 is 5.32 Å². The lowest BCUT2D eigenvalue weighted by Crippen LogP contribution is -2.15. The molecule has 0 atom stereocenters. The van der Waals surface area contributed by atoms with Gasteiger partial charge in [-0.25, -0.2) is 0 Å². The van der Waals surface area contributed by atoms with Crippen LogP contribution in [-0.2, 0) is 26.6 Å². The second-order valence-corrected chi connectivity index (χ2v) is 4.98. The van der Waals surface area contributed by atoms with Gasteiger partial charge in [0.15, 0.2) is 0 Å². The molecule has 0 spiro atoms. The Bertz CT molecular complexity index is 640. The average Bonchev–Trinajstić information content (AvgIpc) is 2.74. The minimum absolute atomic E-state index is 0.652. The first-order valence-electron chi connectivity index (χ1n) is 6.55. The summed E-state index contributed by atoms with van der Waals surface area (Å²) in [4.78, 5) is 0. The van der Waals surface area contributed by atoms with Crippen LogP contribution in [0, 0.1) is 11.3 Å². The smallest absolute Gasteiger partial charge is 0.0991 e. The van der Waals surface area contributed by atoms with Crippen LogP contribution in [0.3, 0.4) is 0 Å². The fraction of sp³-hybridized carbons (Fsp3) is 0.333. The molecule has 4 nitrogen and oxygen atoms in total. The Hall–Kier alpha value is -1.83. The fourth-order valence-corrected chi connectivity index (χ4v) is 2.45. The van der Waals surface area contributed by atoms with E-state index in [9.17, 15) is 0 Å². The summed E-state index contributed by atoms with van der Waals surface area (Å²) in [5.74, 6) is 0. The van der Waals surface area contributed by atoms with Crippen LogP contribution in [0.2, 0.25) is 5.02 Å². The lowest BCUT2D eigenvalue weighted by atomic mass is 10.1. The Morgan fingerprint density at radius 2 is 2.20 bits per heavy atom. The Kier molecular flexibility index (Phi) is 4.78. The van der Waals surface area contributed by atoms with E-state index in [1.807, 2.05) is 36.9 Å². The molecule has 1 aromatic heterocycles. The highest BCUT2D eigenvalue weighted by Gasteiger charge is 2.12. The molecule has 5 heteroatoms. The number of nitrogens with zero attached hydrogens (tertiary/aromatic N) is 3. The van der Waals surface area contributed by atoms with E-state index in [0.29, 0.717) is 18.7 Å². The number of hydrogen-bond acceptors (Lipinski definition) is 3. The number of benzene rings is 1. The van der Waals surface area contributed by atoms with Gasteiger partial charge in [-0.3, -0.25) is 4.68 Å². The summed E-state index contributed by atoms with van der Waals surface area (Å²) in [5, 5.41) is 17.3. The first-order chi connectivity index (χ1) is 9.65. The number of nitriles is 1. The maximum absolute atomic E-state index is 8.87. The average molecular weight is 289 g/mol. The summed E-state index contributed by atoms with van der Waals surface area (Å²) in [6.07, 6.45) is 0.830. The Balaban J connectivity index is 1.99. The second-order valence-electron chi connectivity index (χ2n) is 4.60. The molecule has 1 aromatic carbocycles. The third-order valence-corrected chi connectivity index (χ3v) is 3.62. The van der Waals surface area contributed by atoms with E-state index in [-0.39, 0.29) is 0 Å². The standard InChI is InChI=1S/C15H17ClN4/c1-3-13-15(16)14(20(2)19-13)10-18-9-12-6-4-5-11(7-12)8-17/h4-7,18H,3,9-10H2,1-2H3. The van der Waals surface area contributed by atoms with Gasteiger partial charge in [-0.2, -0.15) is 10.4 Å². The monoisotopic (exact) mass is 288 g/mol. The number of rotatable bonds is 5. The molecule has 0 saturated heterocycles. The van der Waals surface area contributed by atoms with E-state index in [0.717, 1.165) is 28.4 Å². The molecule has 0 unspecified atom stereocenters. The molecular weight excluding hydrogens is 272 g/mol. The van der Waals surface area contributed by atoms with Crippen molar-refractivity contribution in [2.75, 3.05) is 0 Å². The van der Waals surface area contributed by atoms with Crippen LogP contribution < -0.4 is 5.32 Å². The SMILES string of the molecule is CCc1nn(C)c(CNCc2cccc(C#N)c2)c1Cl. The molecule has 0 bridgehead atoms. The molecule has 0 fully saturated rings. The second kappa shape index (κ2) is 6.56. The van der Waals surface area contributed by atoms with E-state index >= 15 is 0 Å². The van der Waals surface area contributed by atoms with Gasteiger partial charge in [0.25, 0.3) is 0 Å². The maximum Gasteiger partial charge on any atom is 0.0991 e. The van der Waals surface area contributed by atoms with Gasteiger partial charge in [-0.1, -0.05) is 30.7 Å². The minimum Gasteiger partial charge on any atom is -0.307 e. The van der Waals surface area contributed by atoms with Crippen molar-refractivity contribution in [2.24, 2.45) is 7.05 Å². The van der Waals surface area contributed by atoms with Crippen LogP contribution in [0.5, 0.6) is 0 Å². The molecule has 2 aromatic rings. The molecule has 20 heavy (non-hydrogen) atoms. The zero-order valence-corrected chi connectivity index (χ0v) is 12.4. The largest absolute Gasteiger partial charge is 0.307 e. The predicted molar refractivity (Wildman–Crippen MR) is 79.3 cm³/mol. The molecule has 0 saturated carbocycles. The summed E-state index contributed by atoms with van der Waals surface area (Å²) in [7, 11) is 1.90. The van der Waals surface area contributed by atoms with Crippen molar-refractivity contribution in [1.29, 1.82) is 5.26 Å². The summed E-state index contributed by atoms with van der Waals surface area (Å²) >= 11 is 6.29. The molecule has 0 amide bonds. The Morgan fingerprint density at radius 1 is 1.40 bits per heavy atom. The zero-order chi connectivity index (χ0) is 14.5. The third-order valence-electron chi connectivity index (χ3n) is 3.18. The van der Waals surface area contributed by atoms with Gasteiger partial charge in [-0.15, -0.1) is 0 Å². The molecular formula is C15H17ClN4. The van der Waals surface area contributed by atoms with Crippen molar-refractivity contribution >= 4 is 11.6 Å². The quantitative estimate of drug-likeness (QED) is 0.920. The first kappa shape index (κ1) is 14.6. The van der Waals surface area contributed by atoms with Gasteiger partial charge in [0.05, 0.1) is 28.0 Å². The third kappa shape index (κ3) is 3.19. The van der Waals surface area contributed by atoms with Crippen molar-refractivity contribution in [3.05, 3.63) is 51.8 Å². The number of nitrogens with one attached hydrogen (secondary N) is 1. The fourth-order valence-electron chi connectivity index (χ4n) is 2.09. The Morgan fingerprint density at radius 3 is 2.85 bits per heavy atom. The van der Waals surface area contributed by atoms with Gasteiger partial charge in [0.2, 0.25) is 0 Å². The summed E-state index contributed by atoms with van der Waals surface area (Å²) < 4.78 is 1.82. The van der Waals surface area contributed by atoms with E-state index < -0.39 is 0 Å². The molecule has 1 N–H and O–H groups in total. The Labute approximate surface area is 124 Å². The van der Waals surface area contributed by atoms with Crippen LogP contribution in [0.25, 0.3) is 0 Å². The van der Waals surface area contributed by atoms with Gasteiger partial charge in [0, 0.05) is 20.1 Å². The van der Waals surface area contributed by atoms with E-state index in [1.54, 1.807) is 6.07 Å². The summed E-state index contributed by atoms with van der Waals surface area (Å²) in [6.45, 7) is 3.39. The highest BCUT2D eigenvalue weighted by molar-refractivity contribution is 6.31. The van der Waals surface area contributed by atoms with E-state index in [1.165, 1.54) is 0 Å². The maximum atomic E-state index is 8.87. The number of hydrogen-bond donors (Lipinski definition) is 1. The van der Waals surface area contributed by atoms with Gasteiger partial charge in [-0.05, 0) is 24.1 Å². The molecule has 0 aliphatic heterocycles. The molecule has 1 heterocycles. The lowest BCUT2D eigenvalue weighted by Gasteiger charge is -2.06. The van der Waals surface area contributed by atoms with Crippen LogP contribution in [-0.4, -0.2) is 9.78 Å². The van der Waals surface area contributed by atoms with Crippen molar-refractivity contribution in [2.45, 2.75) is 26.4 Å². The van der Waals surface area contributed by atoms with Crippen LogP contribution in [0.1, 0.15) is 29.4 Å². The highest BCUT2D eigenvalue weighted by Crippen LogP contribution is 2.20. The van der Waals surface area contributed by atoms with Crippen LogP contribution >= 0.6 is 11.6 Å². The van der Waals surface area contributed by atoms with Crippen molar-refractivity contribution in [3.63, 3.8) is 0 Å². The van der Waals surface area contributed by atoms with Crippen molar-refractivity contribution in [3.8, 4) is 6.07 Å². The minimum atomic E-state index is 0.652. The molecule has 0 aliphatic carbocycles. The van der Waals surface area contributed by atoms with Crippen LogP contribution in [0.15, 0.2) is 24.3 Å². The number of halogens is 1. The summed E-state index contributed by atoms with van der Waals surface area (Å²) in [6, 6.07) is 9.71. The first-order valence-corrected chi connectivity index (χ1v) is 6.93. The van der Waals surface area contributed by atoms with E-state index in [4.69, 9.17) is 16.9 Å². The topological polar surface area (TPSA) is 53.6 Å². The zero-order valence-electron chi connectivity index (χ0n) is 11.7. The van der Waals surface area contributed by atoms with E-state index in [2.05, 4.69) is 16.5 Å². The molecule has 0 radical (unpaired) electrons. The predicted octanol–water partition coefficient (Wildman–Crippen LogP) is 2.80. The molecule has 2 rings (SSSR count). The molecule has 104 valence electrons. The van der Waals surface area contributed by atoms with Gasteiger partial charge in [0.1, 0.15) is 0 Å². The van der Waals surface area contributed by atoms with Crippen LogP contribution in [0.4, 0.5) is 0 Å². The normalized spacial score (nSPS) is 10.5. The highest BCUT2D eigenvalue weighted by atomic mass is 35.5. The van der Waals surface area contributed by atoms with Crippen molar-refractivity contribution in [1.82, 2.24) is 15.1 Å². The lowest BCUT2D eigenvalue weighted by molar-refractivity contribution is 0.623. The number of aryl methyl sites for hydroxylation is 2. The number of aromatic nitrogens is 2. The van der Waals surface area contributed by atoms with Gasteiger partial charge >= 0.3 is 0 Å². The van der Waals surface area contributed by atoms with Crippen molar-refractivity contribution < 1.29 is 0 Å². The molecule has 0 aliphatic rings. The summed E-state index contributed by atoms with van der Waals surface area (Å²) in [5.41, 5.74) is 3.67.